The van der Waals surface area contributed by atoms with Crippen LogP contribution in [0.2, 0.25) is 0 Å². The summed E-state index contributed by atoms with van der Waals surface area (Å²) in [5, 5.41) is 6.37. The van der Waals surface area contributed by atoms with Gasteiger partial charge in [-0.05, 0) is 68.5 Å². The van der Waals surface area contributed by atoms with Crippen LogP contribution in [0.25, 0.3) is 0 Å². The Morgan fingerprint density at radius 2 is 1.80 bits per heavy atom. The summed E-state index contributed by atoms with van der Waals surface area (Å²) < 4.78 is 0. The molecule has 1 aliphatic carbocycles. The second-order valence-corrected chi connectivity index (χ2v) is 6.65. The highest BCUT2D eigenvalue weighted by molar-refractivity contribution is 5.97. The molecule has 0 bridgehead atoms. The van der Waals surface area contributed by atoms with Crippen LogP contribution in [-0.2, 0) is 11.2 Å². The first-order valence-corrected chi connectivity index (χ1v) is 8.80. The average Bonchev–Trinajstić information content (AvgIpc) is 2.62. The minimum absolute atomic E-state index is 0.0175. The van der Waals surface area contributed by atoms with E-state index < -0.39 is 0 Å². The molecule has 0 heterocycles. The van der Waals surface area contributed by atoms with E-state index in [0.717, 1.165) is 19.3 Å². The Morgan fingerprint density at radius 1 is 1.08 bits per heavy atom. The molecule has 0 saturated heterocycles. The predicted octanol–water partition coefficient (Wildman–Crippen LogP) is 3.88. The second-order valence-electron chi connectivity index (χ2n) is 6.65. The Hall–Kier alpha value is -2.46. The van der Waals surface area contributed by atoms with Crippen molar-refractivity contribution in [2.75, 3.05) is 5.32 Å². The van der Waals surface area contributed by atoms with Crippen molar-refractivity contribution in [1.82, 2.24) is 5.32 Å². The van der Waals surface area contributed by atoms with Gasteiger partial charge in [0.25, 0.3) is 0 Å². The number of carbonyl (C=O) groups is 2. The molecule has 4 nitrogen and oxygen atoms in total. The monoisotopic (exact) mass is 336 g/mol. The number of rotatable bonds is 5. The number of Topliss-reactive ketones (excluding diaryl/α,β-unsaturated/α-hetero) is 1. The molecule has 0 fully saturated rings. The molecule has 3 rings (SSSR count). The van der Waals surface area contributed by atoms with Crippen molar-refractivity contribution in [3.63, 3.8) is 0 Å². The zero-order valence-electron chi connectivity index (χ0n) is 14.7. The van der Waals surface area contributed by atoms with E-state index in [0.29, 0.717) is 11.3 Å². The lowest BCUT2D eigenvalue weighted by Gasteiger charge is -2.29. The highest BCUT2D eigenvalue weighted by Crippen LogP contribution is 2.29. The first-order valence-electron chi connectivity index (χ1n) is 8.80. The van der Waals surface area contributed by atoms with E-state index >= 15 is 0 Å². The number of ketones is 1. The molecule has 0 spiro atoms. The fourth-order valence-corrected chi connectivity index (χ4v) is 3.34. The Labute approximate surface area is 148 Å². The normalized spacial score (nSPS) is 17.4. The molecule has 2 aromatic carbocycles. The maximum absolute atomic E-state index is 12.5. The Kier molecular flexibility index (Phi) is 5.29. The molecule has 0 aromatic heterocycles. The van der Waals surface area contributed by atoms with Gasteiger partial charge in [0.1, 0.15) is 0 Å². The number of fused-ring (bicyclic) bond motifs is 1. The van der Waals surface area contributed by atoms with E-state index in [9.17, 15) is 9.59 Å². The van der Waals surface area contributed by atoms with Crippen molar-refractivity contribution in [2.45, 2.75) is 45.2 Å². The Balaban J connectivity index is 1.62. The van der Waals surface area contributed by atoms with Gasteiger partial charge in [-0.1, -0.05) is 24.3 Å². The molecule has 1 aliphatic rings. The van der Waals surface area contributed by atoms with Crippen LogP contribution in [-0.4, -0.2) is 17.7 Å². The van der Waals surface area contributed by atoms with Crippen LogP contribution >= 0.6 is 0 Å². The van der Waals surface area contributed by atoms with Crippen LogP contribution in [0.1, 0.15) is 54.2 Å². The lowest BCUT2D eigenvalue weighted by Crippen LogP contribution is -2.41. The molecule has 0 saturated carbocycles. The predicted molar refractivity (Wildman–Crippen MR) is 99.8 cm³/mol. The van der Waals surface area contributed by atoms with Gasteiger partial charge in [-0.15, -0.1) is 0 Å². The Morgan fingerprint density at radius 3 is 2.52 bits per heavy atom. The highest BCUT2D eigenvalue weighted by Gasteiger charge is 2.23. The summed E-state index contributed by atoms with van der Waals surface area (Å²) in [7, 11) is 0. The van der Waals surface area contributed by atoms with Gasteiger partial charge in [0.2, 0.25) is 5.91 Å². The average molecular weight is 336 g/mol. The first kappa shape index (κ1) is 17.4. The summed E-state index contributed by atoms with van der Waals surface area (Å²) in [4.78, 5) is 23.8. The summed E-state index contributed by atoms with van der Waals surface area (Å²) in [5.74, 6) is -0.0532. The molecule has 2 atom stereocenters. The maximum atomic E-state index is 12.5. The number of nitrogens with one attached hydrogen (secondary N) is 2. The van der Waals surface area contributed by atoms with E-state index in [1.165, 1.54) is 18.1 Å². The van der Waals surface area contributed by atoms with E-state index in [-0.39, 0.29) is 23.8 Å². The van der Waals surface area contributed by atoms with Crippen molar-refractivity contribution in [2.24, 2.45) is 0 Å². The first-order chi connectivity index (χ1) is 12.0. The highest BCUT2D eigenvalue weighted by atomic mass is 16.2. The zero-order valence-corrected chi connectivity index (χ0v) is 14.7. The molecule has 0 aliphatic heterocycles. The molecule has 1 amide bonds. The molecule has 0 radical (unpaired) electrons. The number of anilines is 1. The third-order valence-corrected chi connectivity index (χ3v) is 4.77. The van der Waals surface area contributed by atoms with Gasteiger partial charge in [-0.3, -0.25) is 14.9 Å². The Bertz CT molecular complexity index is 768. The van der Waals surface area contributed by atoms with Gasteiger partial charge < -0.3 is 5.32 Å². The van der Waals surface area contributed by atoms with Crippen LogP contribution in [0.15, 0.2) is 48.5 Å². The van der Waals surface area contributed by atoms with Crippen molar-refractivity contribution in [3.8, 4) is 0 Å². The molecule has 130 valence electrons. The van der Waals surface area contributed by atoms with Gasteiger partial charge in [0.05, 0.1) is 6.04 Å². The largest absolute Gasteiger partial charge is 0.325 e. The topological polar surface area (TPSA) is 58.2 Å². The van der Waals surface area contributed by atoms with Gasteiger partial charge in [0, 0.05) is 17.3 Å². The van der Waals surface area contributed by atoms with Crippen molar-refractivity contribution in [3.05, 3.63) is 65.2 Å². The minimum Gasteiger partial charge on any atom is -0.325 e. The summed E-state index contributed by atoms with van der Waals surface area (Å²) in [6.45, 7) is 3.41. The van der Waals surface area contributed by atoms with Crippen LogP contribution in [0.3, 0.4) is 0 Å². The van der Waals surface area contributed by atoms with E-state index in [1.54, 1.807) is 24.3 Å². The second kappa shape index (κ2) is 7.62. The van der Waals surface area contributed by atoms with Crippen molar-refractivity contribution < 1.29 is 9.59 Å². The fourth-order valence-electron chi connectivity index (χ4n) is 3.34. The summed E-state index contributed by atoms with van der Waals surface area (Å²) in [6, 6.07) is 15.3. The smallest absolute Gasteiger partial charge is 0.241 e. The summed E-state index contributed by atoms with van der Waals surface area (Å²) in [6.07, 6.45) is 3.29. The van der Waals surface area contributed by atoms with Crippen molar-refractivity contribution in [1.29, 1.82) is 0 Å². The van der Waals surface area contributed by atoms with E-state index in [2.05, 4.69) is 34.9 Å². The van der Waals surface area contributed by atoms with E-state index in [4.69, 9.17) is 0 Å². The number of carbonyl (C=O) groups excluding carboxylic acids is 2. The third kappa shape index (κ3) is 4.15. The number of benzene rings is 2. The lowest BCUT2D eigenvalue weighted by atomic mass is 9.87. The molecular weight excluding hydrogens is 312 g/mol. The van der Waals surface area contributed by atoms with Gasteiger partial charge in [-0.25, -0.2) is 0 Å². The maximum Gasteiger partial charge on any atom is 0.241 e. The van der Waals surface area contributed by atoms with Gasteiger partial charge >= 0.3 is 0 Å². The molecule has 4 heteroatoms. The number of amides is 1. The van der Waals surface area contributed by atoms with Crippen LogP contribution < -0.4 is 10.6 Å². The van der Waals surface area contributed by atoms with Crippen LogP contribution in [0, 0.1) is 0 Å². The third-order valence-electron chi connectivity index (χ3n) is 4.77. The quantitative estimate of drug-likeness (QED) is 0.815. The van der Waals surface area contributed by atoms with Gasteiger partial charge in [-0.2, -0.15) is 0 Å². The SMILES string of the molecule is CC(=O)c1ccc(NC(=O)[C@H](C)N[C@H]2CCCc3ccccc32)cc1. The van der Waals surface area contributed by atoms with Crippen molar-refractivity contribution >= 4 is 17.4 Å². The fraction of sp³-hybridized carbons (Fsp3) is 0.333. The van der Waals surface area contributed by atoms with Crippen LogP contribution in [0.5, 0.6) is 0 Å². The number of hydrogen-bond acceptors (Lipinski definition) is 3. The zero-order chi connectivity index (χ0) is 17.8. The molecule has 25 heavy (non-hydrogen) atoms. The molecule has 2 aromatic rings. The molecule has 2 N–H and O–H groups in total. The van der Waals surface area contributed by atoms with Crippen LogP contribution in [0.4, 0.5) is 5.69 Å². The van der Waals surface area contributed by atoms with Gasteiger partial charge in [0.15, 0.2) is 5.78 Å². The minimum atomic E-state index is -0.302. The standard InChI is InChI=1S/C21H24N2O2/c1-14(21(25)23-18-12-10-16(11-13-18)15(2)24)22-20-9-5-7-17-6-3-4-8-19(17)20/h3-4,6,8,10-14,20,22H,5,7,9H2,1-2H3,(H,23,25)/t14-,20-/m0/s1. The lowest BCUT2D eigenvalue weighted by molar-refractivity contribution is -0.118. The van der Waals surface area contributed by atoms with E-state index in [1.807, 2.05) is 6.92 Å². The molecule has 0 unspecified atom stereocenters. The summed E-state index contributed by atoms with van der Waals surface area (Å²) in [5.41, 5.74) is 4.02. The number of aryl methyl sites for hydroxylation is 1. The molecular formula is C21H24N2O2. The number of hydrogen-bond donors (Lipinski definition) is 2. The summed E-state index contributed by atoms with van der Waals surface area (Å²) >= 11 is 0.